The molecule has 7 nitrogen and oxygen atoms in total. The second kappa shape index (κ2) is 7.47. The standard InChI is InChI=1S/C12H24N2O5S/c1-12(2,3)8-9(7-10(15)16)14-11(17)13-5-6-20(4,18)19/h9H,5-8H2,1-4H3,(H,15,16)(H2,13,14,17). The fourth-order valence-corrected chi connectivity index (χ4v) is 2.18. The van der Waals surface area contributed by atoms with Gasteiger partial charge in [0, 0.05) is 18.8 Å². The van der Waals surface area contributed by atoms with Crippen molar-refractivity contribution in [3.63, 3.8) is 0 Å². The lowest BCUT2D eigenvalue weighted by atomic mass is 9.87. The minimum Gasteiger partial charge on any atom is -0.481 e. The van der Waals surface area contributed by atoms with Crippen LogP contribution in [0.15, 0.2) is 0 Å². The number of sulfone groups is 1. The lowest BCUT2D eigenvalue weighted by Gasteiger charge is -2.25. The van der Waals surface area contributed by atoms with Gasteiger partial charge in [-0.05, 0) is 11.8 Å². The molecular formula is C12H24N2O5S. The van der Waals surface area contributed by atoms with Gasteiger partial charge in [-0.1, -0.05) is 20.8 Å². The Labute approximate surface area is 120 Å². The van der Waals surface area contributed by atoms with Crippen LogP contribution in [0.2, 0.25) is 0 Å². The molecule has 3 N–H and O–H groups in total. The zero-order valence-corrected chi connectivity index (χ0v) is 13.2. The molecule has 0 aromatic carbocycles. The number of rotatable bonds is 7. The van der Waals surface area contributed by atoms with Gasteiger partial charge in [0.05, 0.1) is 12.2 Å². The number of urea groups is 1. The minimum atomic E-state index is -3.13. The third-order valence-corrected chi connectivity index (χ3v) is 3.32. The van der Waals surface area contributed by atoms with Crippen molar-refractivity contribution in [1.29, 1.82) is 0 Å². The van der Waals surface area contributed by atoms with Crippen molar-refractivity contribution >= 4 is 21.8 Å². The molecule has 1 unspecified atom stereocenters. The highest BCUT2D eigenvalue weighted by Gasteiger charge is 2.22. The van der Waals surface area contributed by atoms with Gasteiger partial charge in [0.15, 0.2) is 0 Å². The number of carboxylic acid groups (broad SMARTS) is 1. The molecule has 0 saturated heterocycles. The maximum absolute atomic E-state index is 11.6. The van der Waals surface area contributed by atoms with Crippen molar-refractivity contribution in [3.05, 3.63) is 0 Å². The van der Waals surface area contributed by atoms with Crippen LogP contribution in [0.3, 0.4) is 0 Å². The van der Waals surface area contributed by atoms with E-state index in [0.29, 0.717) is 6.42 Å². The summed E-state index contributed by atoms with van der Waals surface area (Å²) < 4.78 is 21.8. The summed E-state index contributed by atoms with van der Waals surface area (Å²) >= 11 is 0. The second-order valence-corrected chi connectivity index (χ2v) is 8.35. The first-order valence-corrected chi connectivity index (χ1v) is 8.39. The third kappa shape index (κ3) is 11.8. The maximum Gasteiger partial charge on any atom is 0.315 e. The third-order valence-electron chi connectivity index (χ3n) is 2.37. The van der Waals surface area contributed by atoms with Crippen molar-refractivity contribution in [3.8, 4) is 0 Å². The first kappa shape index (κ1) is 18.7. The SMILES string of the molecule is CC(C)(C)CC(CC(=O)O)NC(=O)NCCS(C)(=O)=O. The Balaban J connectivity index is 4.35. The van der Waals surface area contributed by atoms with Crippen LogP contribution < -0.4 is 10.6 Å². The molecule has 2 amide bonds. The first-order valence-electron chi connectivity index (χ1n) is 6.33. The van der Waals surface area contributed by atoms with E-state index in [9.17, 15) is 18.0 Å². The second-order valence-electron chi connectivity index (χ2n) is 6.09. The monoisotopic (exact) mass is 308 g/mol. The molecule has 118 valence electrons. The highest BCUT2D eigenvalue weighted by atomic mass is 32.2. The van der Waals surface area contributed by atoms with Crippen LogP contribution in [0.25, 0.3) is 0 Å². The van der Waals surface area contributed by atoms with E-state index >= 15 is 0 Å². The molecule has 0 saturated carbocycles. The molecule has 0 heterocycles. The largest absolute Gasteiger partial charge is 0.481 e. The molecule has 20 heavy (non-hydrogen) atoms. The van der Waals surface area contributed by atoms with E-state index in [0.717, 1.165) is 6.26 Å². The summed E-state index contributed by atoms with van der Waals surface area (Å²) in [5.41, 5.74) is -0.125. The molecule has 1 atom stereocenters. The number of carbonyl (C=O) groups is 2. The number of hydrogen-bond acceptors (Lipinski definition) is 4. The Morgan fingerprint density at radius 1 is 1.25 bits per heavy atom. The number of carbonyl (C=O) groups excluding carboxylic acids is 1. The Morgan fingerprint density at radius 3 is 2.20 bits per heavy atom. The molecule has 0 aliphatic carbocycles. The molecule has 0 fully saturated rings. The summed E-state index contributed by atoms with van der Waals surface area (Å²) in [6.07, 6.45) is 1.43. The van der Waals surface area contributed by atoms with Crippen LogP contribution in [-0.2, 0) is 14.6 Å². The quantitative estimate of drug-likeness (QED) is 0.638. The zero-order chi connectivity index (χ0) is 16.0. The number of amides is 2. The van der Waals surface area contributed by atoms with Crippen LogP contribution in [0.1, 0.15) is 33.6 Å². The number of nitrogens with one attached hydrogen (secondary N) is 2. The van der Waals surface area contributed by atoms with E-state index in [4.69, 9.17) is 5.11 Å². The van der Waals surface area contributed by atoms with Gasteiger partial charge in [0.25, 0.3) is 0 Å². The van der Waals surface area contributed by atoms with Crippen molar-refractivity contribution in [1.82, 2.24) is 10.6 Å². The van der Waals surface area contributed by atoms with Gasteiger partial charge in [-0.3, -0.25) is 4.79 Å². The Bertz CT molecular complexity index is 439. The molecule has 0 aromatic heterocycles. The van der Waals surface area contributed by atoms with Crippen LogP contribution >= 0.6 is 0 Å². The van der Waals surface area contributed by atoms with E-state index in [1.807, 2.05) is 20.8 Å². The molecule has 0 aliphatic rings. The van der Waals surface area contributed by atoms with Crippen LogP contribution in [0, 0.1) is 5.41 Å². The lowest BCUT2D eigenvalue weighted by molar-refractivity contribution is -0.137. The molecule has 0 aliphatic heterocycles. The Kier molecular flexibility index (Phi) is 6.98. The van der Waals surface area contributed by atoms with Gasteiger partial charge >= 0.3 is 12.0 Å². The fourth-order valence-electron chi connectivity index (χ4n) is 1.71. The van der Waals surface area contributed by atoms with Crippen molar-refractivity contribution in [2.45, 2.75) is 39.7 Å². The van der Waals surface area contributed by atoms with E-state index in [-0.39, 0.29) is 24.1 Å². The summed E-state index contributed by atoms with van der Waals surface area (Å²) in [4.78, 5) is 22.4. The maximum atomic E-state index is 11.6. The topological polar surface area (TPSA) is 113 Å². The van der Waals surface area contributed by atoms with E-state index in [1.165, 1.54) is 0 Å². The summed E-state index contributed by atoms with van der Waals surface area (Å²) in [6, 6.07) is -1.05. The van der Waals surface area contributed by atoms with Crippen LogP contribution in [0.4, 0.5) is 4.79 Å². The van der Waals surface area contributed by atoms with Crippen molar-refractivity contribution in [2.24, 2.45) is 5.41 Å². The first-order chi connectivity index (χ1) is 8.89. The predicted molar refractivity (Wildman–Crippen MR) is 76.4 cm³/mol. The highest BCUT2D eigenvalue weighted by Crippen LogP contribution is 2.22. The average molecular weight is 308 g/mol. The minimum absolute atomic E-state index is 0.0000239. The van der Waals surface area contributed by atoms with E-state index in [1.54, 1.807) is 0 Å². The summed E-state index contributed by atoms with van der Waals surface area (Å²) in [5.74, 6) is -1.14. The van der Waals surface area contributed by atoms with Gasteiger partial charge in [-0.15, -0.1) is 0 Å². The molecule has 0 bridgehead atoms. The highest BCUT2D eigenvalue weighted by molar-refractivity contribution is 7.90. The normalized spacial score (nSPS) is 13.6. The van der Waals surface area contributed by atoms with Crippen molar-refractivity contribution in [2.75, 3.05) is 18.6 Å². The van der Waals surface area contributed by atoms with E-state index < -0.39 is 27.9 Å². The molecule has 0 aromatic rings. The number of hydrogen-bond donors (Lipinski definition) is 3. The van der Waals surface area contributed by atoms with Gasteiger partial charge in [-0.25, -0.2) is 13.2 Å². The van der Waals surface area contributed by atoms with Gasteiger partial charge in [-0.2, -0.15) is 0 Å². The van der Waals surface area contributed by atoms with Gasteiger partial charge in [0.1, 0.15) is 9.84 Å². The Morgan fingerprint density at radius 2 is 1.80 bits per heavy atom. The van der Waals surface area contributed by atoms with Crippen LogP contribution in [0.5, 0.6) is 0 Å². The summed E-state index contributed by atoms with van der Waals surface area (Å²) in [7, 11) is -3.13. The average Bonchev–Trinajstić information content (AvgIpc) is 2.10. The summed E-state index contributed by atoms with van der Waals surface area (Å²) in [6.45, 7) is 5.85. The molecule has 8 heteroatoms. The lowest BCUT2D eigenvalue weighted by Crippen LogP contribution is -2.45. The van der Waals surface area contributed by atoms with Gasteiger partial charge < -0.3 is 15.7 Å². The molecule has 0 rings (SSSR count). The predicted octanol–water partition coefficient (Wildman–Crippen LogP) is 0.610. The van der Waals surface area contributed by atoms with E-state index in [2.05, 4.69) is 10.6 Å². The van der Waals surface area contributed by atoms with Crippen LogP contribution in [-0.4, -0.2) is 50.1 Å². The number of aliphatic carboxylic acids is 1. The molecular weight excluding hydrogens is 284 g/mol. The number of carboxylic acids is 1. The summed E-state index contributed by atoms with van der Waals surface area (Å²) in [5, 5.41) is 13.8. The molecule has 0 spiro atoms. The zero-order valence-electron chi connectivity index (χ0n) is 12.4. The van der Waals surface area contributed by atoms with Crippen molar-refractivity contribution < 1.29 is 23.1 Å². The van der Waals surface area contributed by atoms with Gasteiger partial charge in [0.2, 0.25) is 0 Å². The fraction of sp³-hybridized carbons (Fsp3) is 0.833. The molecule has 0 radical (unpaired) electrons. The Hall–Kier alpha value is -1.31. The smallest absolute Gasteiger partial charge is 0.315 e.